The SMILES string of the molecule is C=CCN(CCC)CC(C)CCCC(C)N. The van der Waals surface area contributed by atoms with Gasteiger partial charge in [-0.25, -0.2) is 0 Å². The number of rotatable bonds is 10. The van der Waals surface area contributed by atoms with E-state index in [-0.39, 0.29) is 0 Å². The molecule has 0 aromatic rings. The molecule has 96 valence electrons. The molecule has 0 spiro atoms. The molecule has 2 nitrogen and oxygen atoms in total. The fraction of sp³-hybridized carbons (Fsp3) is 0.857. The molecule has 0 rings (SSSR count). The highest BCUT2D eigenvalue weighted by atomic mass is 15.1. The first-order valence-electron chi connectivity index (χ1n) is 6.69. The second-order valence-electron chi connectivity index (χ2n) is 5.06. The van der Waals surface area contributed by atoms with Crippen molar-refractivity contribution in [1.29, 1.82) is 0 Å². The van der Waals surface area contributed by atoms with Gasteiger partial charge in [0.15, 0.2) is 0 Å². The Morgan fingerprint density at radius 2 is 2.00 bits per heavy atom. The molecule has 2 unspecified atom stereocenters. The maximum absolute atomic E-state index is 5.75. The Hall–Kier alpha value is -0.340. The molecule has 2 N–H and O–H groups in total. The minimum absolute atomic E-state index is 0.354. The van der Waals surface area contributed by atoms with E-state index in [0.717, 1.165) is 18.9 Å². The van der Waals surface area contributed by atoms with Gasteiger partial charge < -0.3 is 5.73 Å². The standard InChI is InChI=1S/C14H30N2/c1-5-10-16(11-6-2)12-13(3)8-7-9-14(4)15/h5,13-14H,1,6-12,15H2,2-4H3. The summed E-state index contributed by atoms with van der Waals surface area (Å²) in [7, 11) is 0. The molecule has 0 aliphatic carbocycles. The summed E-state index contributed by atoms with van der Waals surface area (Å²) in [5, 5.41) is 0. The van der Waals surface area contributed by atoms with Crippen LogP contribution in [0.5, 0.6) is 0 Å². The predicted octanol–water partition coefficient (Wildman–Crippen LogP) is 3.04. The number of hydrogen-bond acceptors (Lipinski definition) is 2. The zero-order valence-electron chi connectivity index (χ0n) is 11.4. The lowest BCUT2D eigenvalue weighted by atomic mass is 10.0. The first kappa shape index (κ1) is 15.7. The molecular weight excluding hydrogens is 196 g/mol. The minimum atomic E-state index is 0.354. The van der Waals surface area contributed by atoms with Gasteiger partial charge >= 0.3 is 0 Å². The molecule has 0 saturated carbocycles. The van der Waals surface area contributed by atoms with Crippen molar-refractivity contribution in [3.05, 3.63) is 12.7 Å². The van der Waals surface area contributed by atoms with Gasteiger partial charge in [0.2, 0.25) is 0 Å². The minimum Gasteiger partial charge on any atom is -0.328 e. The Bertz CT molecular complexity index is 166. The van der Waals surface area contributed by atoms with E-state index in [1.165, 1.54) is 32.4 Å². The van der Waals surface area contributed by atoms with Crippen LogP contribution in [0.4, 0.5) is 0 Å². The Balaban J connectivity index is 3.71. The fourth-order valence-corrected chi connectivity index (χ4v) is 2.08. The summed E-state index contributed by atoms with van der Waals surface area (Å²) in [6.07, 6.45) is 6.93. The van der Waals surface area contributed by atoms with E-state index in [2.05, 4.69) is 32.3 Å². The van der Waals surface area contributed by atoms with Crippen molar-refractivity contribution >= 4 is 0 Å². The first-order chi connectivity index (χ1) is 7.60. The van der Waals surface area contributed by atoms with Crippen LogP contribution in [-0.2, 0) is 0 Å². The Morgan fingerprint density at radius 3 is 2.50 bits per heavy atom. The van der Waals surface area contributed by atoms with Crippen LogP contribution in [-0.4, -0.2) is 30.6 Å². The van der Waals surface area contributed by atoms with Crippen molar-refractivity contribution < 1.29 is 0 Å². The van der Waals surface area contributed by atoms with Gasteiger partial charge in [-0.05, 0) is 38.6 Å². The van der Waals surface area contributed by atoms with Gasteiger partial charge in [0, 0.05) is 19.1 Å². The summed E-state index contributed by atoms with van der Waals surface area (Å²) in [5.41, 5.74) is 5.75. The summed E-state index contributed by atoms with van der Waals surface area (Å²) in [6.45, 7) is 13.9. The van der Waals surface area contributed by atoms with Crippen molar-refractivity contribution in [2.75, 3.05) is 19.6 Å². The highest BCUT2D eigenvalue weighted by Gasteiger charge is 2.08. The third kappa shape index (κ3) is 8.93. The molecular formula is C14H30N2. The van der Waals surface area contributed by atoms with E-state index in [4.69, 9.17) is 5.73 Å². The summed E-state index contributed by atoms with van der Waals surface area (Å²) >= 11 is 0. The topological polar surface area (TPSA) is 29.3 Å². The van der Waals surface area contributed by atoms with Gasteiger partial charge in [-0.2, -0.15) is 0 Å². The fourth-order valence-electron chi connectivity index (χ4n) is 2.08. The number of nitrogens with two attached hydrogens (primary N) is 1. The molecule has 0 radical (unpaired) electrons. The van der Waals surface area contributed by atoms with Crippen molar-refractivity contribution in [2.24, 2.45) is 11.7 Å². The molecule has 16 heavy (non-hydrogen) atoms. The first-order valence-corrected chi connectivity index (χ1v) is 6.69. The van der Waals surface area contributed by atoms with E-state index < -0.39 is 0 Å². The lowest BCUT2D eigenvalue weighted by Gasteiger charge is -2.24. The van der Waals surface area contributed by atoms with E-state index >= 15 is 0 Å². The Kier molecular flexibility index (Phi) is 9.65. The molecule has 0 aliphatic heterocycles. The quantitative estimate of drug-likeness (QED) is 0.580. The molecule has 0 aromatic carbocycles. The molecule has 0 fully saturated rings. The molecule has 0 saturated heterocycles. The van der Waals surface area contributed by atoms with Crippen LogP contribution in [0.1, 0.15) is 46.5 Å². The molecule has 0 bridgehead atoms. The Morgan fingerprint density at radius 1 is 1.31 bits per heavy atom. The van der Waals surface area contributed by atoms with Gasteiger partial charge in [0.05, 0.1) is 0 Å². The van der Waals surface area contributed by atoms with Gasteiger partial charge in [-0.1, -0.05) is 26.3 Å². The maximum Gasteiger partial charge on any atom is 0.0160 e. The molecule has 0 heterocycles. The predicted molar refractivity (Wildman–Crippen MR) is 73.6 cm³/mol. The van der Waals surface area contributed by atoms with Crippen molar-refractivity contribution in [3.63, 3.8) is 0 Å². The van der Waals surface area contributed by atoms with E-state index in [9.17, 15) is 0 Å². The second kappa shape index (κ2) is 9.86. The largest absolute Gasteiger partial charge is 0.328 e. The summed E-state index contributed by atoms with van der Waals surface area (Å²) in [4.78, 5) is 2.49. The molecule has 0 amide bonds. The summed E-state index contributed by atoms with van der Waals surface area (Å²) < 4.78 is 0. The van der Waals surface area contributed by atoms with Crippen molar-refractivity contribution in [3.8, 4) is 0 Å². The van der Waals surface area contributed by atoms with E-state index in [1.807, 2.05) is 6.08 Å². The highest BCUT2D eigenvalue weighted by molar-refractivity contribution is 4.74. The van der Waals surface area contributed by atoms with Crippen molar-refractivity contribution in [1.82, 2.24) is 4.90 Å². The van der Waals surface area contributed by atoms with Crippen LogP contribution >= 0.6 is 0 Å². The van der Waals surface area contributed by atoms with E-state index in [1.54, 1.807) is 0 Å². The average molecular weight is 226 g/mol. The summed E-state index contributed by atoms with van der Waals surface area (Å²) in [6, 6.07) is 0.354. The zero-order valence-corrected chi connectivity index (χ0v) is 11.4. The third-order valence-corrected chi connectivity index (χ3v) is 2.85. The van der Waals surface area contributed by atoms with Crippen LogP contribution < -0.4 is 5.73 Å². The highest BCUT2D eigenvalue weighted by Crippen LogP contribution is 2.11. The normalized spacial score (nSPS) is 15.1. The van der Waals surface area contributed by atoms with Crippen LogP contribution in [0.2, 0.25) is 0 Å². The van der Waals surface area contributed by atoms with Gasteiger partial charge in [-0.3, -0.25) is 4.90 Å². The van der Waals surface area contributed by atoms with Crippen LogP contribution in [0, 0.1) is 5.92 Å². The molecule has 2 atom stereocenters. The number of nitrogens with zero attached hydrogens (tertiary/aromatic N) is 1. The number of hydrogen-bond donors (Lipinski definition) is 1. The van der Waals surface area contributed by atoms with Crippen molar-refractivity contribution in [2.45, 2.75) is 52.5 Å². The lowest BCUT2D eigenvalue weighted by Crippen LogP contribution is -2.29. The third-order valence-electron chi connectivity index (χ3n) is 2.85. The van der Waals surface area contributed by atoms with Gasteiger partial charge in [-0.15, -0.1) is 6.58 Å². The van der Waals surface area contributed by atoms with Crippen LogP contribution in [0.3, 0.4) is 0 Å². The van der Waals surface area contributed by atoms with Gasteiger partial charge in [0.1, 0.15) is 0 Å². The molecule has 2 heteroatoms. The lowest BCUT2D eigenvalue weighted by molar-refractivity contribution is 0.251. The zero-order chi connectivity index (χ0) is 12.4. The van der Waals surface area contributed by atoms with E-state index in [0.29, 0.717) is 6.04 Å². The average Bonchev–Trinajstić information content (AvgIpc) is 2.17. The Labute approximate surface area is 102 Å². The molecule has 0 aromatic heterocycles. The summed E-state index contributed by atoms with van der Waals surface area (Å²) in [5.74, 6) is 0.769. The van der Waals surface area contributed by atoms with Crippen LogP contribution in [0.15, 0.2) is 12.7 Å². The van der Waals surface area contributed by atoms with Gasteiger partial charge in [0.25, 0.3) is 0 Å². The second-order valence-corrected chi connectivity index (χ2v) is 5.06. The van der Waals surface area contributed by atoms with Crippen LogP contribution in [0.25, 0.3) is 0 Å². The monoisotopic (exact) mass is 226 g/mol. The molecule has 0 aliphatic rings. The smallest absolute Gasteiger partial charge is 0.0160 e. The maximum atomic E-state index is 5.75.